The van der Waals surface area contributed by atoms with E-state index in [-0.39, 0.29) is 21.9 Å². The quantitative estimate of drug-likeness (QED) is 0.693. The summed E-state index contributed by atoms with van der Waals surface area (Å²) in [5.41, 5.74) is 6.05. The maximum atomic E-state index is 13.1. The van der Waals surface area contributed by atoms with Crippen LogP contribution in [0.25, 0.3) is 0 Å². The molecular weight excluding hydrogens is 269 g/mol. The Bertz CT molecular complexity index is 714. The number of hydrogen-bond acceptors (Lipinski definition) is 4. The molecule has 0 amide bonds. The van der Waals surface area contributed by atoms with Crippen molar-refractivity contribution in [2.45, 2.75) is 11.8 Å². The lowest BCUT2D eigenvalue weighted by molar-refractivity contribution is 0.486. The van der Waals surface area contributed by atoms with Gasteiger partial charge in [0.2, 0.25) is 0 Å². The van der Waals surface area contributed by atoms with Gasteiger partial charge in [-0.3, -0.25) is 0 Å². The summed E-state index contributed by atoms with van der Waals surface area (Å²) in [5, 5.41) is 0. The molecule has 0 saturated carbocycles. The van der Waals surface area contributed by atoms with E-state index >= 15 is 0 Å². The zero-order valence-electron chi connectivity index (χ0n) is 10.1. The summed E-state index contributed by atoms with van der Waals surface area (Å²) >= 11 is 0. The van der Waals surface area contributed by atoms with E-state index in [4.69, 9.17) is 9.92 Å². The molecule has 0 aromatic heterocycles. The van der Waals surface area contributed by atoms with Gasteiger partial charge in [0.25, 0.3) is 0 Å². The van der Waals surface area contributed by atoms with Crippen LogP contribution >= 0.6 is 0 Å². The summed E-state index contributed by atoms with van der Waals surface area (Å²) in [7, 11) is -4.02. The minimum atomic E-state index is -4.02. The largest absolute Gasteiger partial charge is 0.396 e. The highest BCUT2D eigenvalue weighted by Crippen LogP contribution is 2.25. The van der Waals surface area contributed by atoms with Crippen LogP contribution in [0.2, 0.25) is 0 Å². The number of nitrogen functional groups attached to an aromatic ring is 1. The first-order valence-corrected chi connectivity index (χ1v) is 6.86. The van der Waals surface area contributed by atoms with Gasteiger partial charge in [-0.1, -0.05) is 12.1 Å². The third kappa shape index (κ3) is 2.85. The molecule has 0 saturated heterocycles. The van der Waals surface area contributed by atoms with Crippen LogP contribution in [0.5, 0.6) is 5.75 Å². The van der Waals surface area contributed by atoms with Crippen LogP contribution in [-0.4, -0.2) is 8.42 Å². The molecule has 2 aromatic carbocycles. The molecule has 2 N–H and O–H groups in total. The van der Waals surface area contributed by atoms with Crippen LogP contribution in [0, 0.1) is 12.7 Å². The molecule has 0 heterocycles. The van der Waals surface area contributed by atoms with Crippen molar-refractivity contribution in [1.29, 1.82) is 0 Å². The van der Waals surface area contributed by atoms with Crippen molar-refractivity contribution < 1.29 is 17.0 Å². The molecule has 0 bridgehead atoms. The van der Waals surface area contributed by atoms with E-state index in [1.54, 1.807) is 12.1 Å². The van der Waals surface area contributed by atoms with E-state index in [0.29, 0.717) is 0 Å². The second-order valence-electron chi connectivity index (χ2n) is 3.99. The molecule has 0 radical (unpaired) electrons. The van der Waals surface area contributed by atoms with Gasteiger partial charge < -0.3 is 9.92 Å². The van der Waals surface area contributed by atoms with Crippen molar-refractivity contribution in [3.63, 3.8) is 0 Å². The predicted molar refractivity (Wildman–Crippen MR) is 69.8 cm³/mol. The van der Waals surface area contributed by atoms with Crippen molar-refractivity contribution in [2.24, 2.45) is 0 Å². The highest BCUT2D eigenvalue weighted by Gasteiger charge is 2.18. The summed E-state index contributed by atoms with van der Waals surface area (Å²) in [6, 6.07) is 9.69. The zero-order chi connectivity index (χ0) is 14.0. The predicted octanol–water partition coefficient (Wildman–Crippen LogP) is 2.48. The Kier molecular flexibility index (Phi) is 3.44. The normalized spacial score (nSPS) is 11.3. The van der Waals surface area contributed by atoms with Crippen molar-refractivity contribution >= 4 is 15.8 Å². The van der Waals surface area contributed by atoms with Gasteiger partial charge in [0, 0.05) is 0 Å². The number of rotatable bonds is 3. The van der Waals surface area contributed by atoms with E-state index in [0.717, 1.165) is 12.1 Å². The summed E-state index contributed by atoms with van der Waals surface area (Å²) < 4.78 is 42.1. The lowest BCUT2D eigenvalue weighted by Crippen LogP contribution is -2.11. The van der Waals surface area contributed by atoms with Crippen LogP contribution in [-0.2, 0) is 10.1 Å². The first-order valence-electron chi connectivity index (χ1n) is 5.45. The monoisotopic (exact) mass is 281 g/mol. The van der Waals surface area contributed by atoms with Crippen molar-refractivity contribution in [2.75, 3.05) is 5.73 Å². The van der Waals surface area contributed by atoms with Crippen LogP contribution < -0.4 is 9.92 Å². The van der Waals surface area contributed by atoms with Crippen LogP contribution in [0.3, 0.4) is 0 Å². The Balaban J connectivity index is 2.38. The third-order valence-corrected chi connectivity index (χ3v) is 3.77. The number of aryl methyl sites for hydroxylation is 1. The van der Waals surface area contributed by atoms with Crippen LogP contribution in [0.15, 0.2) is 47.4 Å². The average Bonchev–Trinajstić information content (AvgIpc) is 2.35. The number of nitrogens with two attached hydrogens (primary N) is 1. The minimum Gasteiger partial charge on any atom is -0.396 e. The maximum Gasteiger partial charge on any atom is 0.339 e. The van der Waals surface area contributed by atoms with Crippen LogP contribution in [0.1, 0.15) is 5.56 Å². The molecule has 0 aliphatic heterocycles. The molecule has 0 atom stereocenters. The lowest BCUT2D eigenvalue weighted by atomic mass is 10.2. The van der Waals surface area contributed by atoms with E-state index in [1.165, 1.54) is 25.1 Å². The lowest BCUT2D eigenvalue weighted by Gasteiger charge is -2.09. The number of anilines is 1. The number of halogens is 1. The van der Waals surface area contributed by atoms with Crippen molar-refractivity contribution in [3.8, 4) is 5.75 Å². The molecule has 0 aliphatic carbocycles. The maximum absolute atomic E-state index is 13.1. The Morgan fingerprint density at radius 1 is 1.16 bits per heavy atom. The van der Waals surface area contributed by atoms with Crippen molar-refractivity contribution in [1.82, 2.24) is 0 Å². The zero-order valence-corrected chi connectivity index (χ0v) is 10.9. The highest BCUT2D eigenvalue weighted by molar-refractivity contribution is 7.87. The summed E-state index contributed by atoms with van der Waals surface area (Å²) in [6.45, 7) is 1.48. The molecule has 6 heteroatoms. The summed E-state index contributed by atoms with van der Waals surface area (Å²) in [4.78, 5) is -0.116. The molecule has 0 fully saturated rings. The highest BCUT2D eigenvalue weighted by atomic mass is 32.2. The number of para-hydroxylation sites is 2. The average molecular weight is 281 g/mol. The Morgan fingerprint density at radius 2 is 1.84 bits per heavy atom. The van der Waals surface area contributed by atoms with E-state index in [2.05, 4.69) is 0 Å². The van der Waals surface area contributed by atoms with Gasteiger partial charge in [0.15, 0.2) is 5.75 Å². The third-order valence-electron chi connectivity index (χ3n) is 2.54. The molecule has 0 unspecified atom stereocenters. The van der Waals surface area contributed by atoms with E-state index in [9.17, 15) is 12.8 Å². The Morgan fingerprint density at radius 3 is 2.47 bits per heavy atom. The fraction of sp³-hybridized carbons (Fsp3) is 0.0769. The standard InChI is InChI=1S/C13H12FNO3S/c1-9-8-10(6-7-11(9)14)19(16,17)18-13-5-3-2-4-12(13)15/h2-8H,15H2,1H3. The van der Waals surface area contributed by atoms with Crippen LogP contribution in [0.4, 0.5) is 10.1 Å². The summed E-state index contributed by atoms with van der Waals surface area (Å²) in [5.74, 6) is -0.428. The molecule has 0 spiro atoms. The molecule has 2 aromatic rings. The SMILES string of the molecule is Cc1cc(S(=O)(=O)Oc2ccccc2N)ccc1F. The molecule has 2 rings (SSSR count). The van der Waals surface area contributed by atoms with Crippen molar-refractivity contribution in [3.05, 3.63) is 53.8 Å². The first-order chi connectivity index (χ1) is 8.90. The smallest absolute Gasteiger partial charge is 0.339 e. The van der Waals surface area contributed by atoms with E-state index < -0.39 is 15.9 Å². The second-order valence-corrected chi connectivity index (χ2v) is 5.53. The van der Waals surface area contributed by atoms with Gasteiger partial charge in [-0.05, 0) is 42.8 Å². The van der Waals surface area contributed by atoms with Gasteiger partial charge in [-0.25, -0.2) is 4.39 Å². The molecular formula is C13H12FNO3S. The van der Waals surface area contributed by atoms with E-state index in [1.807, 2.05) is 0 Å². The molecule has 19 heavy (non-hydrogen) atoms. The topological polar surface area (TPSA) is 69.4 Å². The molecule has 100 valence electrons. The number of hydrogen-bond donors (Lipinski definition) is 1. The molecule has 0 aliphatic rings. The van der Waals surface area contributed by atoms with Gasteiger partial charge in [0.05, 0.1) is 5.69 Å². The summed E-state index contributed by atoms with van der Waals surface area (Å²) in [6.07, 6.45) is 0. The minimum absolute atomic E-state index is 0.0458. The molecule has 4 nitrogen and oxygen atoms in total. The Hall–Kier alpha value is -2.08. The van der Waals surface area contributed by atoms with Gasteiger partial charge in [-0.2, -0.15) is 8.42 Å². The fourth-order valence-electron chi connectivity index (χ4n) is 1.50. The fourth-order valence-corrected chi connectivity index (χ4v) is 2.54. The second kappa shape index (κ2) is 4.89. The Labute approximate surface area is 110 Å². The first kappa shape index (κ1) is 13.4. The number of benzene rings is 2. The van der Waals surface area contributed by atoms with Gasteiger partial charge >= 0.3 is 10.1 Å². The van der Waals surface area contributed by atoms with Gasteiger partial charge in [0.1, 0.15) is 10.7 Å². The van der Waals surface area contributed by atoms with Gasteiger partial charge in [-0.15, -0.1) is 0 Å².